The van der Waals surface area contributed by atoms with Gasteiger partial charge in [-0.15, -0.1) is 0 Å². The number of esters is 1. The van der Waals surface area contributed by atoms with Crippen LogP contribution in [-0.4, -0.2) is 47.5 Å². The number of carbonyl (C=O) groups excluding carboxylic acids is 4. The summed E-state index contributed by atoms with van der Waals surface area (Å²) in [4.78, 5) is 50.8. The van der Waals surface area contributed by atoms with E-state index in [0.29, 0.717) is 16.3 Å². The van der Waals surface area contributed by atoms with E-state index in [1.54, 1.807) is 31.2 Å². The van der Waals surface area contributed by atoms with Gasteiger partial charge in [0.05, 0.1) is 40.8 Å². The number of hydrogen-bond donors (Lipinski definition) is 2. The quantitative estimate of drug-likeness (QED) is 0.457. The lowest BCUT2D eigenvalue weighted by Gasteiger charge is -2.18. The van der Waals surface area contributed by atoms with Crippen molar-refractivity contribution >= 4 is 41.1 Å². The zero-order valence-corrected chi connectivity index (χ0v) is 19.2. The van der Waals surface area contributed by atoms with Crippen LogP contribution in [0.1, 0.15) is 35.8 Å². The molecule has 8 nitrogen and oxygen atoms in total. The maximum Gasteiger partial charge on any atom is 0.333 e. The Morgan fingerprint density at radius 1 is 1.12 bits per heavy atom. The van der Waals surface area contributed by atoms with Crippen LogP contribution in [0.3, 0.4) is 0 Å². The van der Waals surface area contributed by atoms with E-state index >= 15 is 0 Å². The number of hydrogen-bond acceptors (Lipinski definition) is 6. The highest BCUT2D eigenvalue weighted by molar-refractivity contribution is 8.04. The molecule has 1 heterocycles. The molecular formula is C24H25N3O5S. The number of nitrogens with one attached hydrogen (secondary N) is 2. The molecule has 1 fully saturated rings. The highest BCUT2D eigenvalue weighted by Gasteiger charge is 2.29. The lowest BCUT2D eigenvalue weighted by atomic mass is 10.1. The predicted octanol–water partition coefficient (Wildman–Crippen LogP) is 3.10. The van der Waals surface area contributed by atoms with Crippen molar-refractivity contribution in [3.05, 3.63) is 76.8 Å². The molecule has 0 spiro atoms. The first-order chi connectivity index (χ1) is 15.9. The molecule has 0 bridgehead atoms. The highest BCUT2D eigenvalue weighted by atomic mass is 32.2. The number of benzene rings is 2. The van der Waals surface area contributed by atoms with Gasteiger partial charge in [-0.3, -0.25) is 19.3 Å². The van der Waals surface area contributed by atoms with Crippen molar-refractivity contribution in [1.82, 2.24) is 10.2 Å². The second kappa shape index (κ2) is 11.3. The van der Waals surface area contributed by atoms with Gasteiger partial charge in [-0.2, -0.15) is 0 Å². The Bertz CT molecular complexity index is 1070. The Kier molecular flexibility index (Phi) is 8.26. The molecule has 2 N–H and O–H groups in total. The molecule has 0 radical (unpaired) electrons. The summed E-state index contributed by atoms with van der Waals surface area (Å²) < 4.78 is 4.88. The van der Waals surface area contributed by atoms with E-state index in [9.17, 15) is 19.2 Å². The first-order valence-electron chi connectivity index (χ1n) is 10.4. The molecule has 3 amide bonds. The highest BCUT2D eigenvalue weighted by Crippen LogP contribution is 2.28. The first-order valence-corrected chi connectivity index (χ1v) is 11.4. The summed E-state index contributed by atoms with van der Waals surface area (Å²) in [5.74, 6) is -1.55. The molecule has 2 aromatic rings. The number of anilines is 1. The third-order valence-electron chi connectivity index (χ3n) is 4.83. The van der Waals surface area contributed by atoms with Gasteiger partial charge in [-0.25, -0.2) is 4.79 Å². The fourth-order valence-electron chi connectivity index (χ4n) is 3.21. The van der Waals surface area contributed by atoms with E-state index in [1.165, 1.54) is 22.7 Å². The molecule has 1 aliphatic heterocycles. The summed E-state index contributed by atoms with van der Waals surface area (Å²) >= 11 is 1.17. The van der Waals surface area contributed by atoms with Gasteiger partial charge in [0.2, 0.25) is 11.8 Å². The Balaban J connectivity index is 1.68. The zero-order valence-electron chi connectivity index (χ0n) is 18.4. The predicted molar refractivity (Wildman–Crippen MR) is 126 cm³/mol. The van der Waals surface area contributed by atoms with Crippen molar-refractivity contribution in [3.63, 3.8) is 0 Å². The SMILES string of the molecule is CCOC(=O)/C=C1\SCC(=O)N1CC(=O)Nc1ccccc1C(=O)NC(C)c1ccccc1. The van der Waals surface area contributed by atoms with Crippen LogP contribution in [0.25, 0.3) is 0 Å². The molecule has 1 atom stereocenters. The van der Waals surface area contributed by atoms with Crippen molar-refractivity contribution in [2.75, 3.05) is 24.2 Å². The average Bonchev–Trinajstić information content (AvgIpc) is 3.13. The largest absolute Gasteiger partial charge is 0.463 e. The molecule has 1 aliphatic rings. The number of carbonyl (C=O) groups is 4. The van der Waals surface area contributed by atoms with Gasteiger partial charge in [-0.05, 0) is 31.5 Å². The van der Waals surface area contributed by atoms with Crippen LogP contribution in [0.15, 0.2) is 65.7 Å². The number of amides is 3. The Labute approximate surface area is 196 Å². The van der Waals surface area contributed by atoms with Crippen LogP contribution in [0.2, 0.25) is 0 Å². The van der Waals surface area contributed by atoms with E-state index in [4.69, 9.17) is 4.74 Å². The third-order valence-corrected chi connectivity index (χ3v) is 5.86. The Morgan fingerprint density at radius 3 is 2.55 bits per heavy atom. The lowest BCUT2D eigenvalue weighted by molar-refractivity contribution is -0.137. The molecule has 172 valence electrons. The van der Waals surface area contributed by atoms with E-state index in [-0.39, 0.29) is 36.8 Å². The van der Waals surface area contributed by atoms with Gasteiger partial charge in [-0.1, -0.05) is 54.2 Å². The maximum absolute atomic E-state index is 12.9. The van der Waals surface area contributed by atoms with Crippen LogP contribution >= 0.6 is 11.8 Å². The number of para-hydroxylation sites is 1. The molecule has 33 heavy (non-hydrogen) atoms. The van der Waals surface area contributed by atoms with E-state index in [1.807, 2.05) is 37.3 Å². The summed E-state index contributed by atoms with van der Waals surface area (Å²) in [6.45, 7) is 3.49. The summed E-state index contributed by atoms with van der Waals surface area (Å²) in [5.41, 5.74) is 1.59. The van der Waals surface area contributed by atoms with Crippen molar-refractivity contribution in [1.29, 1.82) is 0 Å². The molecule has 0 saturated carbocycles. The second-order valence-corrected chi connectivity index (χ2v) is 8.20. The number of ether oxygens (including phenoxy) is 1. The maximum atomic E-state index is 12.9. The van der Waals surface area contributed by atoms with Crippen molar-refractivity contribution in [2.24, 2.45) is 0 Å². The van der Waals surface area contributed by atoms with Gasteiger partial charge in [0.15, 0.2) is 0 Å². The minimum absolute atomic E-state index is 0.134. The van der Waals surface area contributed by atoms with Gasteiger partial charge in [0.25, 0.3) is 5.91 Å². The second-order valence-electron chi connectivity index (χ2n) is 7.20. The minimum Gasteiger partial charge on any atom is -0.463 e. The summed E-state index contributed by atoms with van der Waals surface area (Å²) in [7, 11) is 0. The van der Waals surface area contributed by atoms with E-state index in [2.05, 4.69) is 10.6 Å². The Hall–Kier alpha value is -3.59. The van der Waals surface area contributed by atoms with Gasteiger partial charge in [0.1, 0.15) is 6.54 Å². The van der Waals surface area contributed by atoms with Crippen LogP contribution in [-0.2, 0) is 19.1 Å². The standard InChI is InChI=1S/C24H25N3O5S/c1-3-32-23(30)13-22-27(21(29)15-33-22)14-20(28)26-19-12-8-7-11-18(19)24(31)25-16(2)17-9-5-4-6-10-17/h4-13,16H,3,14-15H2,1-2H3,(H,25,31)(H,26,28)/b22-13-. The van der Waals surface area contributed by atoms with Crippen molar-refractivity contribution in [2.45, 2.75) is 19.9 Å². The minimum atomic E-state index is -0.574. The van der Waals surface area contributed by atoms with Gasteiger partial charge >= 0.3 is 5.97 Å². The average molecular weight is 468 g/mol. The fraction of sp³-hybridized carbons (Fsp3) is 0.250. The topological polar surface area (TPSA) is 105 Å². The van der Waals surface area contributed by atoms with Crippen LogP contribution in [0.5, 0.6) is 0 Å². The molecule has 1 saturated heterocycles. The zero-order chi connectivity index (χ0) is 23.8. The van der Waals surface area contributed by atoms with Crippen LogP contribution in [0, 0.1) is 0 Å². The lowest BCUT2D eigenvalue weighted by Crippen LogP contribution is -2.34. The molecular weight excluding hydrogens is 442 g/mol. The van der Waals surface area contributed by atoms with Crippen LogP contribution in [0.4, 0.5) is 5.69 Å². The van der Waals surface area contributed by atoms with Crippen molar-refractivity contribution < 1.29 is 23.9 Å². The number of rotatable bonds is 8. The molecule has 9 heteroatoms. The summed E-state index contributed by atoms with van der Waals surface area (Å²) in [6, 6.07) is 16.0. The number of nitrogens with zero attached hydrogens (tertiary/aromatic N) is 1. The number of thioether (sulfide) groups is 1. The first kappa shape index (κ1) is 24.1. The normalized spacial score (nSPS) is 15.3. The monoisotopic (exact) mass is 467 g/mol. The summed E-state index contributed by atoms with van der Waals surface area (Å²) in [5, 5.41) is 5.99. The molecule has 2 aromatic carbocycles. The third kappa shape index (κ3) is 6.45. The fourth-order valence-corrected chi connectivity index (χ4v) is 4.14. The molecule has 0 aliphatic carbocycles. The Morgan fingerprint density at radius 2 is 1.82 bits per heavy atom. The summed E-state index contributed by atoms with van der Waals surface area (Å²) in [6.07, 6.45) is 1.21. The van der Waals surface area contributed by atoms with Gasteiger partial charge in [0, 0.05) is 0 Å². The van der Waals surface area contributed by atoms with Gasteiger partial charge < -0.3 is 15.4 Å². The molecule has 1 unspecified atom stereocenters. The van der Waals surface area contributed by atoms with Crippen LogP contribution < -0.4 is 10.6 Å². The van der Waals surface area contributed by atoms with Crippen molar-refractivity contribution in [3.8, 4) is 0 Å². The smallest absolute Gasteiger partial charge is 0.333 e. The van der Waals surface area contributed by atoms with E-state index < -0.39 is 11.9 Å². The molecule has 3 rings (SSSR count). The van der Waals surface area contributed by atoms with E-state index in [0.717, 1.165) is 5.56 Å². The molecule has 0 aromatic heterocycles.